The third-order valence-corrected chi connectivity index (χ3v) is 17.8. The average molecular weight is 572 g/mol. The fourth-order valence-corrected chi connectivity index (χ4v) is 17.3. The van der Waals surface area contributed by atoms with Crippen molar-refractivity contribution in [1.82, 2.24) is 4.57 Å². The minimum absolute atomic E-state index is 0.0899. The molecule has 2 heteroatoms. The molecular weight excluding hydrogens is 511 g/mol. The summed E-state index contributed by atoms with van der Waals surface area (Å²) in [5, 5.41) is 0. The van der Waals surface area contributed by atoms with E-state index in [0.29, 0.717) is 11.8 Å². The van der Waals surface area contributed by atoms with Gasteiger partial charge < -0.3 is 4.57 Å². The van der Waals surface area contributed by atoms with Crippen molar-refractivity contribution in [3.63, 3.8) is 0 Å². The molecule has 0 radical (unpaired) electrons. The van der Waals surface area contributed by atoms with E-state index in [4.69, 9.17) is 0 Å². The summed E-state index contributed by atoms with van der Waals surface area (Å²) in [4.78, 5) is 0. The fraction of sp³-hybridized carbons (Fsp3) is 0.744. The standard InChI is InChI=1S/C39H61NSi/c1-25-20-26-21-31-29(22-28(26)35(25)41(11,12)40(36(2,3)4)27-16-14-13-15-17-27)30-23-33-34(24-32(30)39(31,9)10)38(7,8)19-18-37(33,5)6/h21-28,35H,13-20H2,1-12H3. The molecule has 2 saturated carbocycles. The summed E-state index contributed by atoms with van der Waals surface area (Å²) in [6.07, 6.45) is 16.7. The van der Waals surface area contributed by atoms with Gasteiger partial charge in [-0.25, -0.2) is 0 Å². The molecule has 0 amide bonds. The summed E-state index contributed by atoms with van der Waals surface area (Å²) in [6.45, 7) is 30.7. The molecular formula is C39H61NSi. The molecule has 41 heavy (non-hydrogen) atoms. The normalized spacial score (nSPS) is 32.1. The number of fused-ring (bicyclic) bond motifs is 5. The largest absolute Gasteiger partial charge is 0.316 e. The van der Waals surface area contributed by atoms with Gasteiger partial charge in [0.1, 0.15) is 8.24 Å². The number of hydrogen-bond acceptors (Lipinski definition) is 1. The molecule has 0 spiro atoms. The van der Waals surface area contributed by atoms with Gasteiger partial charge in [-0.05, 0) is 120 Å². The van der Waals surface area contributed by atoms with Gasteiger partial charge in [-0.3, -0.25) is 0 Å². The first-order chi connectivity index (χ1) is 18.9. The first kappa shape index (κ1) is 29.9. The molecule has 4 unspecified atom stereocenters. The molecule has 0 bridgehead atoms. The van der Waals surface area contributed by atoms with Gasteiger partial charge in [0.25, 0.3) is 0 Å². The van der Waals surface area contributed by atoms with Gasteiger partial charge in [0, 0.05) is 17.0 Å². The Morgan fingerprint density at radius 1 is 0.805 bits per heavy atom. The molecule has 0 N–H and O–H groups in total. The lowest BCUT2D eigenvalue weighted by Crippen LogP contribution is -2.65. The third-order valence-electron chi connectivity index (χ3n) is 12.9. The van der Waals surface area contributed by atoms with Crippen molar-refractivity contribution in [2.24, 2.45) is 17.8 Å². The highest BCUT2D eigenvalue weighted by Crippen LogP contribution is 2.62. The van der Waals surface area contributed by atoms with Crippen LogP contribution < -0.4 is 0 Å². The predicted molar refractivity (Wildman–Crippen MR) is 181 cm³/mol. The van der Waals surface area contributed by atoms with E-state index in [1.54, 1.807) is 33.4 Å². The second kappa shape index (κ2) is 9.44. The molecule has 5 aliphatic rings. The maximum Gasteiger partial charge on any atom is 0.127 e. The van der Waals surface area contributed by atoms with Crippen molar-refractivity contribution in [2.45, 2.75) is 167 Å². The zero-order chi connectivity index (χ0) is 29.9. The van der Waals surface area contributed by atoms with Crippen LogP contribution in [0, 0.1) is 17.8 Å². The first-order valence-corrected chi connectivity index (χ1v) is 20.3. The summed E-state index contributed by atoms with van der Waals surface area (Å²) in [5.74, 6) is 2.17. The molecule has 0 aliphatic heterocycles. The quantitative estimate of drug-likeness (QED) is 0.326. The molecule has 0 saturated heterocycles. The third kappa shape index (κ3) is 4.54. The minimum Gasteiger partial charge on any atom is -0.316 e. The van der Waals surface area contributed by atoms with Crippen molar-refractivity contribution >= 4 is 13.8 Å². The summed E-state index contributed by atoms with van der Waals surface area (Å²) < 4.78 is 3.15. The van der Waals surface area contributed by atoms with Crippen molar-refractivity contribution < 1.29 is 0 Å². The number of allylic oxidation sites excluding steroid dienone is 4. The van der Waals surface area contributed by atoms with E-state index in [-0.39, 0.29) is 21.8 Å². The van der Waals surface area contributed by atoms with E-state index < -0.39 is 8.24 Å². The average Bonchev–Trinajstić information content (AvgIpc) is 3.30. The second-order valence-corrected chi connectivity index (χ2v) is 22.9. The first-order valence-electron chi connectivity index (χ1n) is 17.3. The highest BCUT2D eigenvalue weighted by Gasteiger charge is 2.56. The van der Waals surface area contributed by atoms with Crippen molar-refractivity contribution in [3.05, 3.63) is 52.1 Å². The maximum absolute atomic E-state index is 3.15. The summed E-state index contributed by atoms with van der Waals surface area (Å²) >= 11 is 0. The van der Waals surface area contributed by atoms with E-state index in [2.05, 4.69) is 111 Å². The molecule has 0 aromatic heterocycles. The van der Waals surface area contributed by atoms with E-state index in [1.807, 2.05) is 0 Å². The second-order valence-electron chi connectivity index (χ2n) is 18.5. The number of benzene rings is 1. The van der Waals surface area contributed by atoms with E-state index >= 15 is 0 Å². The van der Waals surface area contributed by atoms with Crippen LogP contribution in [0.2, 0.25) is 18.6 Å². The zero-order valence-corrected chi connectivity index (χ0v) is 29.8. The van der Waals surface area contributed by atoms with Gasteiger partial charge in [0.2, 0.25) is 0 Å². The van der Waals surface area contributed by atoms with Crippen LogP contribution in [-0.2, 0) is 16.2 Å². The lowest BCUT2D eigenvalue weighted by molar-refractivity contribution is 0.139. The molecule has 226 valence electrons. The Balaban J connectivity index is 1.46. The SMILES string of the molecule is CC1CC2C=C3C(=CC2C1[Si](C)(C)N(C1CCCCC1)C(C)(C)C)c1cc2c(cc1C3(C)C)C(C)(C)CCC2(C)C. The van der Waals surface area contributed by atoms with Crippen molar-refractivity contribution in [3.8, 4) is 0 Å². The van der Waals surface area contributed by atoms with Gasteiger partial charge in [0.05, 0.1) is 0 Å². The van der Waals surface area contributed by atoms with Crippen LogP contribution in [0.25, 0.3) is 5.57 Å². The highest BCUT2D eigenvalue weighted by molar-refractivity contribution is 6.76. The molecule has 0 heterocycles. The Hall–Kier alpha value is -1.12. The Kier molecular flexibility index (Phi) is 6.89. The highest BCUT2D eigenvalue weighted by atomic mass is 28.3. The van der Waals surface area contributed by atoms with E-state index in [0.717, 1.165) is 17.5 Å². The van der Waals surface area contributed by atoms with Gasteiger partial charge in [-0.1, -0.05) is 105 Å². The van der Waals surface area contributed by atoms with E-state index in [9.17, 15) is 0 Å². The molecule has 6 rings (SSSR count). The van der Waals surface area contributed by atoms with Crippen molar-refractivity contribution in [1.29, 1.82) is 0 Å². The molecule has 1 nitrogen and oxygen atoms in total. The van der Waals surface area contributed by atoms with Gasteiger partial charge in [-0.2, -0.15) is 0 Å². The maximum atomic E-state index is 3.15. The molecule has 1 aromatic rings. The summed E-state index contributed by atoms with van der Waals surface area (Å²) in [6, 6.07) is 6.13. The smallest absolute Gasteiger partial charge is 0.127 e. The topological polar surface area (TPSA) is 3.24 Å². The monoisotopic (exact) mass is 571 g/mol. The molecule has 4 atom stereocenters. The molecule has 2 fully saturated rings. The lowest BCUT2D eigenvalue weighted by Gasteiger charge is -2.56. The number of hydrogen-bond donors (Lipinski definition) is 0. The van der Waals surface area contributed by atoms with Crippen LogP contribution in [0.5, 0.6) is 0 Å². The van der Waals surface area contributed by atoms with Crippen LogP contribution in [0.4, 0.5) is 0 Å². The van der Waals surface area contributed by atoms with Gasteiger partial charge >= 0.3 is 0 Å². The van der Waals surface area contributed by atoms with Gasteiger partial charge in [0.15, 0.2) is 0 Å². The zero-order valence-electron chi connectivity index (χ0n) is 28.8. The predicted octanol–water partition coefficient (Wildman–Crippen LogP) is 10.9. The number of nitrogens with zero attached hydrogens (tertiary/aromatic N) is 1. The van der Waals surface area contributed by atoms with Crippen LogP contribution in [0.15, 0.2) is 29.9 Å². The van der Waals surface area contributed by atoms with Crippen LogP contribution in [0.1, 0.15) is 143 Å². The molecule has 1 aromatic carbocycles. The fourth-order valence-electron chi connectivity index (χ4n) is 11.2. The Bertz CT molecular complexity index is 1280. The minimum atomic E-state index is -1.77. The Morgan fingerprint density at radius 3 is 1.98 bits per heavy atom. The van der Waals surface area contributed by atoms with Gasteiger partial charge in [-0.15, -0.1) is 0 Å². The summed E-state index contributed by atoms with van der Waals surface area (Å²) in [7, 11) is -1.77. The molecule has 5 aliphatic carbocycles. The van der Waals surface area contributed by atoms with Crippen LogP contribution >= 0.6 is 0 Å². The van der Waals surface area contributed by atoms with Crippen molar-refractivity contribution in [2.75, 3.05) is 0 Å². The Morgan fingerprint density at radius 2 is 1.39 bits per heavy atom. The number of rotatable bonds is 3. The summed E-state index contributed by atoms with van der Waals surface area (Å²) in [5.41, 5.74) is 11.3. The van der Waals surface area contributed by atoms with Crippen LogP contribution in [-0.4, -0.2) is 24.4 Å². The van der Waals surface area contributed by atoms with E-state index in [1.165, 1.54) is 51.4 Å². The lowest BCUT2D eigenvalue weighted by atomic mass is 9.62. The Labute approximate surface area is 254 Å². The van der Waals surface area contributed by atoms with Crippen LogP contribution in [0.3, 0.4) is 0 Å².